The lowest BCUT2D eigenvalue weighted by molar-refractivity contribution is -0.143. The summed E-state index contributed by atoms with van der Waals surface area (Å²) in [5.74, 6) is 0.154. The van der Waals surface area contributed by atoms with E-state index in [0.29, 0.717) is 13.0 Å². The first-order valence-electron chi connectivity index (χ1n) is 6.63. The van der Waals surface area contributed by atoms with Gasteiger partial charge in [0, 0.05) is 6.04 Å². The Hall–Kier alpha value is -1.35. The second-order valence-electron chi connectivity index (χ2n) is 4.37. The summed E-state index contributed by atoms with van der Waals surface area (Å²) in [5, 5.41) is 3.37. The molecule has 2 atom stereocenters. The lowest BCUT2D eigenvalue weighted by Gasteiger charge is -2.24. The predicted octanol–water partition coefficient (Wildman–Crippen LogP) is 2.72. The zero-order valence-corrected chi connectivity index (χ0v) is 11.5. The Morgan fingerprint density at radius 3 is 2.50 bits per heavy atom. The number of nitrogens with one attached hydrogen (secondary N) is 1. The van der Waals surface area contributed by atoms with E-state index in [1.165, 1.54) is 5.56 Å². The maximum absolute atomic E-state index is 11.6. The highest BCUT2D eigenvalue weighted by Gasteiger charge is 2.21. The summed E-state index contributed by atoms with van der Waals surface area (Å²) in [4.78, 5) is 11.6. The van der Waals surface area contributed by atoms with Crippen LogP contribution in [0.1, 0.15) is 38.7 Å². The first-order chi connectivity index (χ1) is 8.69. The van der Waals surface area contributed by atoms with E-state index in [9.17, 15) is 4.79 Å². The van der Waals surface area contributed by atoms with Crippen molar-refractivity contribution in [1.82, 2.24) is 5.32 Å². The van der Waals surface area contributed by atoms with E-state index in [-0.39, 0.29) is 17.9 Å². The lowest BCUT2D eigenvalue weighted by Crippen LogP contribution is -2.36. The molecule has 0 heterocycles. The summed E-state index contributed by atoms with van der Waals surface area (Å²) in [7, 11) is 0. The maximum Gasteiger partial charge on any atom is 0.307 e. The minimum absolute atomic E-state index is 0.122. The topological polar surface area (TPSA) is 38.3 Å². The monoisotopic (exact) mass is 249 g/mol. The summed E-state index contributed by atoms with van der Waals surface area (Å²) in [6, 6.07) is 10.4. The molecule has 1 rings (SSSR count). The van der Waals surface area contributed by atoms with E-state index in [1.54, 1.807) is 0 Å². The second-order valence-corrected chi connectivity index (χ2v) is 4.37. The minimum atomic E-state index is -0.133. The summed E-state index contributed by atoms with van der Waals surface area (Å²) in [5.41, 5.74) is 1.24. The van der Waals surface area contributed by atoms with Crippen molar-refractivity contribution in [2.75, 3.05) is 13.2 Å². The molecule has 0 amide bonds. The highest BCUT2D eigenvalue weighted by atomic mass is 16.5. The van der Waals surface area contributed by atoms with E-state index < -0.39 is 0 Å². The number of carbonyl (C=O) groups excluding carboxylic acids is 1. The molecule has 0 bridgehead atoms. The van der Waals surface area contributed by atoms with Gasteiger partial charge >= 0.3 is 5.97 Å². The summed E-state index contributed by atoms with van der Waals surface area (Å²) < 4.78 is 5.03. The number of ether oxygens (including phenoxy) is 1. The predicted molar refractivity (Wildman–Crippen MR) is 73.6 cm³/mol. The smallest absolute Gasteiger partial charge is 0.307 e. The molecule has 0 radical (unpaired) electrons. The van der Waals surface area contributed by atoms with Crippen molar-refractivity contribution in [1.29, 1.82) is 0 Å². The van der Waals surface area contributed by atoms with Gasteiger partial charge < -0.3 is 10.1 Å². The number of likely N-dealkylation sites (N-methyl/N-ethyl adjacent to an activating group) is 1. The van der Waals surface area contributed by atoms with Gasteiger partial charge in [0.2, 0.25) is 0 Å². The van der Waals surface area contributed by atoms with Crippen LogP contribution in [0.4, 0.5) is 0 Å². The van der Waals surface area contributed by atoms with Crippen LogP contribution < -0.4 is 5.32 Å². The molecular formula is C15H23NO2. The van der Waals surface area contributed by atoms with Gasteiger partial charge in [-0.3, -0.25) is 4.79 Å². The van der Waals surface area contributed by atoms with Crippen LogP contribution in [0.3, 0.4) is 0 Å². The van der Waals surface area contributed by atoms with Crippen LogP contribution in [0.5, 0.6) is 0 Å². The van der Waals surface area contributed by atoms with Crippen LogP contribution in [-0.4, -0.2) is 25.2 Å². The molecular weight excluding hydrogens is 226 g/mol. The molecule has 0 aliphatic rings. The van der Waals surface area contributed by atoms with E-state index in [2.05, 4.69) is 31.3 Å². The molecule has 0 aliphatic heterocycles. The first-order valence-corrected chi connectivity index (χ1v) is 6.63. The average molecular weight is 249 g/mol. The summed E-state index contributed by atoms with van der Waals surface area (Å²) in [6.45, 7) is 7.32. The Morgan fingerprint density at radius 2 is 1.94 bits per heavy atom. The van der Waals surface area contributed by atoms with Crippen molar-refractivity contribution >= 4 is 5.97 Å². The molecule has 0 aromatic heterocycles. The molecule has 0 fully saturated rings. The first kappa shape index (κ1) is 14.7. The van der Waals surface area contributed by atoms with Crippen molar-refractivity contribution in [3.8, 4) is 0 Å². The van der Waals surface area contributed by atoms with Crippen molar-refractivity contribution in [3.05, 3.63) is 35.9 Å². The number of benzene rings is 1. The second kappa shape index (κ2) is 7.88. The molecule has 3 heteroatoms. The number of rotatable bonds is 7. The van der Waals surface area contributed by atoms with Gasteiger partial charge in [0.15, 0.2) is 0 Å². The summed E-state index contributed by atoms with van der Waals surface area (Å²) >= 11 is 0. The van der Waals surface area contributed by atoms with Crippen LogP contribution in [0.15, 0.2) is 30.3 Å². The van der Waals surface area contributed by atoms with E-state index in [4.69, 9.17) is 4.74 Å². The highest BCUT2D eigenvalue weighted by molar-refractivity contribution is 5.70. The molecule has 3 nitrogen and oxygen atoms in total. The van der Waals surface area contributed by atoms with Gasteiger partial charge in [0.25, 0.3) is 0 Å². The minimum Gasteiger partial charge on any atom is -0.466 e. The maximum atomic E-state index is 11.6. The number of hydrogen-bond donors (Lipinski definition) is 1. The molecule has 1 aromatic rings. The largest absolute Gasteiger partial charge is 0.466 e. The van der Waals surface area contributed by atoms with Crippen molar-refractivity contribution in [2.24, 2.45) is 0 Å². The SMILES string of the molecule is CCNC(CC(=O)OCC)C(C)c1ccccc1. The molecule has 0 spiro atoms. The number of carbonyl (C=O) groups is 1. The molecule has 100 valence electrons. The van der Waals surface area contributed by atoms with Crippen molar-refractivity contribution in [2.45, 2.75) is 39.2 Å². The van der Waals surface area contributed by atoms with Gasteiger partial charge in [-0.15, -0.1) is 0 Å². The van der Waals surface area contributed by atoms with E-state index >= 15 is 0 Å². The zero-order chi connectivity index (χ0) is 13.4. The third-order valence-electron chi connectivity index (χ3n) is 3.09. The van der Waals surface area contributed by atoms with Crippen molar-refractivity contribution < 1.29 is 9.53 Å². The Labute approximate surface area is 110 Å². The molecule has 0 aliphatic carbocycles. The number of hydrogen-bond acceptors (Lipinski definition) is 3. The fraction of sp³-hybridized carbons (Fsp3) is 0.533. The van der Waals surface area contributed by atoms with Gasteiger partial charge in [-0.05, 0) is 24.9 Å². The van der Waals surface area contributed by atoms with E-state index in [1.807, 2.05) is 25.1 Å². The van der Waals surface area contributed by atoms with Gasteiger partial charge in [0.05, 0.1) is 13.0 Å². The highest BCUT2D eigenvalue weighted by Crippen LogP contribution is 2.21. The fourth-order valence-electron chi connectivity index (χ4n) is 2.08. The van der Waals surface area contributed by atoms with Crippen LogP contribution in [-0.2, 0) is 9.53 Å². The van der Waals surface area contributed by atoms with Crippen LogP contribution in [0, 0.1) is 0 Å². The molecule has 2 unspecified atom stereocenters. The standard InChI is InChI=1S/C15H23NO2/c1-4-16-14(11-15(17)18-5-2)12(3)13-9-7-6-8-10-13/h6-10,12,14,16H,4-5,11H2,1-3H3. The molecule has 0 saturated carbocycles. The van der Waals surface area contributed by atoms with Crippen molar-refractivity contribution in [3.63, 3.8) is 0 Å². The quantitative estimate of drug-likeness (QED) is 0.755. The lowest BCUT2D eigenvalue weighted by atomic mass is 9.91. The Bertz CT molecular complexity index is 351. The fourth-order valence-corrected chi connectivity index (χ4v) is 2.08. The normalized spacial score (nSPS) is 13.9. The third kappa shape index (κ3) is 4.49. The molecule has 1 aromatic carbocycles. The third-order valence-corrected chi connectivity index (χ3v) is 3.09. The van der Waals surface area contributed by atoms with Gasteiger partial charge in [-0.25, -0.2) is 0 Å². The summed E-state index contributed by atoms with van der Waals surface area (Å²) in [6.07, 6.45) is 0.414. The average Bonchev–Trinajstić information content (AvgIpc) is 2.39. The van der Waals surface area contributed by atoms with Crippen LogP contribution in [0.2, 0.25) is 0 Å². The zero-order valence-electron chi connectivity index (χ0n) is 11.5. The molecule has 1 N–H and O–H groups in total. The van der Waals surface area contributed by atoms with Gasteiger partial charge in [-0.1, -0.05) is 44.2 Å². The molecule has 18 heavy (non-hydrogen) atoms. The van der Waals surface area contributed by atoms with Gasteiger partial charge in [-0.2, -0.15) is 0 Å². The van der Waals surface area contributed by atoms with Crippen LogP contribution in [0.25, 0.3) is 0 Å². The van der Waals surface area contributed by atoms with Crippen LogP contribution >= 0.6 is 0 Å². The molecule has 0 saturated heterocycles. The Kier molecular flexibility index (Phi) is 6.44. The van der Waals surface area contributed by atoms with Gasteiger partial charge in [0.1, 0.15) is 0 Å². The Balaban J connectivity index is 2.69. The van der Waals surface area contributed by atoms with E-state index in [0.717, 1.165) is 6.54 Å². The Morgan fingerprint density at radius 1 is 1.28 bits per heavy atom. The number of esters is 1.